The molecule has 2 rings (SSSR count). The maximum Gasteiger partial charge on any atom is 0.216 e. The molecule has 1 aliphatic carbocycles. The Morgan fingerprint density at radius 2 is 2.05 bits per heavy atom. The van der Waals surface area contributed by atoms with Gasteiger partial charge in [0, 0.05) is 5.57 Å². The van der Waals surface area contributed by atoms with Gasteiger partial charge in [0.15, 0.2) is 11.4 Å². The lowest BCUT2D eigenvalue weighted by molar-refractivity contribution is -0.210. The van der Waals surface area contributed by atoms with Gasteiger partial charge in [0.2, 0.25) is 6.29 Å². The number of aliphatic hydroxyl groups is 4. The minimum atomic E-state index is -1.66. The first kappa shape index (κ1) is 15.1. The summed E-state index contributed by atoms with van der Waals surface area (Å²) in [5, 5.41) is 38.6. The van der Waals surface area contributed by atoms with E-state index in [-0.39, 0.29) is 11.3 Å². The second-order valence-electron chi connectivity index (χ2n) is 4.82. The van der Waals surface area contributed by atoms with Crippen LogP contribution in [0.15, 0.2) is 11.3 Å². The van der Waals surface area contributed by atoms with Gasteiger partial charge in [-0.15, -0.1) is 0 Å². The standard InChI is InChI=1S/C12H20O6S/c13-6-7-12(16)8(10(12)15)9(14)11(18-7)17-4-2-1-3-5-19/h7,10-11,13-16,19H,1-6H2/t7?,10?,11-,12?/m1/s1. The fourth-order valence-electron chi connectivity index (χ4n) is 2.34. The van der Waals surface area contributed by atoms with Crippen molar-refractivity contribution in [2.24, 2.45) is 0 Å². The summed E-state index contributed by atoms with van der Waals surface area (Å²) in [4.78, 5) is 0. The maximum absolute atomic E-state index is 9.99. The van der Waals surface area contributed by atoms with Crippen molar-refractivity contribution < 1.29 is 29.9 Å². The Balaban J connectivity index is 1.91. The summed E-state index contributed by atoms with van der Waals surface area (Å²) in [6.45, 7) is -0.0632. The molecule has 0 spiro atoms. The van der Waals surface area contributed by atoms with Crippen LogP contribution in [0, 0.1) is 0 Å². The van der Waals surface area contributed by atoms with Gasteiger partial charge in [-0.3, -0.25) is 0 Å². The lowest BCUT2D eigenvalue weighted by Crippen LogP contribution is -2.44. The van der Waals surface area contributed by atoms with E-state index >= 15 is 0 Å². The summed E-state index contributed by atoms with van der Waals surface area (Å²) in [5.74, 6) is 0.537. The van der Waals surface area contributed by atoms with Crippen molar-refractivity contribution >= 4 is 12.6 Å². The van der Waals surface area contributed by atoms with Crippen molar-refractivity contribution in [3.8, 4) is 0 Å². The minimum absolute atomic E-state index is 0.0955. The topological polar surface area (TPSA) is 99.4 Å². The van der Waals surface area contributed by atoms with Gasteiger partial charge in [-0.1, -0.05) is 6.42 Å². The first-order valence-electron chi connectivity index (χ1n) is 6.40. The molecule has 0 amide bonds. The molecular weight excluding hydrogens is 272 g/mol. The molecule has 1 fully saturated rings. The van der Waals surface area contributed by atoms with Gasteiger partial charge in [0.1, 0.15) is 12.2 Å². The first-order valence-corrected chi connectivity index (χ1v) is 7.03. The molecule has 110 valence electrons. The zero-order chi connectivity index (χ0) is 14.0. The number of unbranched alkanes of at least 4 members (excludes halogenated alkanes) is 2. The van der Waals surface area contributed by atoms with Crippen LogP contribution in [0.4, 0.5) is 0 Å². The van der Waals surface area contributed by atoms with Crippen molar-refractivity contribution in [2.45, 2.75) is 43.4 Å². The zero-order valence-electron chi connectivity index (χ0n) is 10.5. The highest BCUT2D eigenvalue weighted by Crippen LogP contribution is 2.52. The van der Waals surface area contributed by atoms with Gasteiger partial charge < -0.3 is 29.9 Å². The van der Waals surface area contributed by atoms with E-state index < -0.39 is 30.7 Å². The third kappa shape index (κ3) is 2.63. The number of hydrogen-bond donors (Lipinski definition) is 5. The van der Waals surface area contributed by atoms with Gasteiger partial charge in [-0.05, 0) is 18.6 Å². The third-order valence-corrected chi connectivity index (χ3v) is 3.87. The monoisotopic (exact) mass is 292 g/mol. The summed E-state index contributed by atoms with van der Waals surface area (Å²) in [6.07, 6.45) is -0.440. The summed E-state index contributed by atoms with van der Waals surface area (Å²) in [7, 11) is 0. The van der Waals surface area contributed by atoms with Crippen LogP contribution in [0.25, 0.3) is 0 Å². The first-order chi connectivity index (χ1) is 9.07. The Bertz CT molecular complexity index is 360. The zero-order valence-corrected chi connectivity index (χ0v) is 11.4. The van der Waals surface area contributed by atoms with Crippen LogP contribution < -0.4 is 0 Å². The molecule has 3 unspecified atom stereocenters. The summed E-state index contributed by atoms with van der Waals surface area (Å²) in [6, 6.07) is 0. The van der Waals surface area contributed by atoms with Crippen LogP contribution in [0.5, 0.6) is 0 Å². The highest BCUT2D eigenvalue weighted by molar-refractivity contribution is 7.80. The van der Waals surface area contributed by atoms with Gasteiger partial charge in [-0.25, -0.2) is 0 Å². The van der Waals surface area contributed by atoms with E-state index in [2.05, 4.69) is 12.6 Å². The third-order valence-electron chi connectivity index (χ3n) is 3.55. The Hall–Kier alpha value is -0.310. The van der Waals surface area contributed by atoms with Crippen molar-refractivity contribution in [3.63, 3.8) is 0 Å². The van der Waals surface area contributed by atoms with E-state index in [0.29, 0.717) is 6.61 Å². The predicted octanol–water partition coefficient (Wildman–Crippen LogP) is -0.262. The Labute approximate surface area is 117 Å². The van der Waals surface area contributed by atoms with E-state index in [9.17, 15) is 15.3 Å². The molecule has 19 heavy (non-hydrogen) atoms. The maximum atomic E-state index is 9.99. The highest BCUT2D eigenvalue weighted by Gasteiger charge is 2.69. The number of hydrogen-bond acceptors (Lipinski definition) is 7. The van der Waals surface area contributed by atoms with Gasteiger partial charge in [0.05, 0.1) is 13.2 Å². The molecule has 6 nitrogen and oxygen atoms in total. The quantitative estimate of drug-likeness (QED) is 0.327. The predicted molar refractivity (Wildman–Crippen MR) is 70.0 cm³/mol. The van der Waals surface area contributed by atoms with Crippen molar-refractivity contribution in [1.29, 1.82) is 0 Å². The van der Waals surface area contributed by atoms with E-state index in [1.165, 1.54) is 0 Å². The molecule has 0 aromatic carbocycles. The fraction of sp³-hybridized carbons (Fsp3) is 0.833. The Morgan fingerprint density at radius 1 is 1.32 bits per heavy atom. The Morgan fingerprint density at radius 3 is 2.68 bits per heavy atom. The number of ether oxygens (including phenoxy) is 2. The normalized spacial score (nSPS) is 37.4. The van der Waals surface area contributed by atoms with Crippen LogP contribution in [0.3, 0.4) is 0 Å². The van der Waals surface area contributed by atoms with Crippen LogP contribution in [-0.2, 0) is 9.47 Å². The molecule has 1 aliphatic heterocycles. The van der Waals surface area contributed by atoms with E-state index in [4.69, 9.17) is 14.6 Å². The van der Waals surface area contributed by atoms with Gasteiger partial charge >= 0.3 is 0 Å². The molecule has 1 saturated carbocycles. The second kappa shape index (κ2) is 5.99. The second-order valence-corrected chi connectivity index (χ2v) is 5.27. The van der Waals surface area contributed by atoms with Crippen LogP contribution in [0.2, 0.25) is 0 Å². The summed E-state index contributed by atoms with van der Waals surface area (Å²) < 4.78 is 10.7. The number of rotatable bonds is 7. The van der Waals surface area contributed by atoms with Crippen LogP contribution in [-0.4, -0.2) is 63.5 Å². The molecule has 0 saturated heterocycles. The molecule has 0 aromatic rings. The van der Waals surface area contributed by atoms with Crippen molar-refractivity contribution in [1.82, 2.24) is 0 Å². The SMILES string of the molecule is OCC1O[C@@H](OCCCCCS)C(O)=C2C(O)C21O. The summed E-state index contributed by atoms with van der Waals surface area (Å²) >= 11 is 4.10. The van der Waals surface area contributed by atoms with Gasteiger partial charge in [-0.2, -0.15) is 12.6 Å². The largest absolute Gasteiger partial charge is 0.507 e. The van der Waals surface area contributed by atoms with E-state index in [1.54, 1.807) is 0 Å². The smallest absolute Gasteiger partial charge is 0.216 e. The molecule has 1 heterocycles. The van der Waals surface area contributed by atoms with Crippen LogP contribution in [0.1, 0.15) is 19.3 Å². The lowest BCUT2D eigenvalue weighted by Gasteiger charge is -2.29. The average molecular weight is 292 g/mol. The van der Waals surface area contributed by atoms with Crippen molar-refractivity contribution in [2.75, 3.05) is 19.0 Å². The van der Waals surface area contributed by atoms with Gasteiger partial charge in [0.25, 0.3) is 0 Å². The molecule has 0 radical (unpaired) electrons. The minimum Gasteiger partial charge on any atom is -0.507 e. The lowest BCUT2D eigenvalue weighted by atomic mass is 10.1. The van der Waals surface area contributed by atoms with E-state index in [0.717, 1.165) is 25.0 Å². The van der Waals surface area contributed by atoms with E-state index in [1.807, 2.05) is 0 Å². The molecule has 4 N–H and O–H groups in total. The van der Waals surface area contributed by atoms with Crippen LogP contribution >= 0.6 is 12.6 Å². The molecular formula is C12H20O6S. The molecule has 0 aromatic heterocycles. The van der Waals surface area contributed by atoms with Crippen molar-refractivity contribution in [3.05, 3.63) is 11.3 Å². The molecule has 7 heteroatoms. The fourth-order valence-corrected chi connectivity index (χ4v) is 2.56. The Kier molecular flexibility index (Phi) is 4.75. The highest BCUT2D eigenvalue weighted by atomic mass is 32.1. The average Bonchev–Trinajstić information content (AvgIpc) is 2.96. The molecule has 2 aliphatic rings. The molecule has 0 bridgehead atoms. The number of aliphatic hydroxyl groups excluding tert-OH is 3. The number of fused-ring (bicyclic) bond motifs is 1. The number of thiol groups is 1. The molecule has 4 atom stereocenters. The summed E-state index contributed by atoms with van der Waals surface area (Å²) in [5.41, 5.74) is -1.57.